The fraction of sp³-hybridized carbons (Fsp3) is 0.429. The lowest BCUT2D eigenvalue weighted by molar-refractivity contribution is 0.197. The van der Waals surface area contributed by atoms with E-state index >= 15 is 0 Å². The van der Waals surface area contributed by atoms with Gasteiger partial charge in [-0.1, -0.05) is 50.3 Å². The molecule has 0 amide bonds. The molecule has 0 aliphatic heterocycles. The van der Waals surface area contributed by atoms with E-state index in [0.717, 1.165) is 31.3 Å². The van der Waals surface area contributed by atoms with Gasteiger partial charge in [0.05, 0.1) is 6.10 Å². The van der Waals surface area contributed by atoms with Gasteiger partial charge < -0.3 is 5.11 Å². The van der Waals surface area contributed by atoms with Crippen LogP contribution in [-0.2, 0) is 6.42 Å². The Bertz CT molecular complexity index is 289. The van der Waals surface area contributed by atoms with Crippen molar-refractivity contribution >= 4 is 0 Å². The number of aryl methyl sites for hydroxylation is 1. The Morgan fingerprint density at radius 2 is 2.00 bits per heavy atom. The predicted molar refractivity (Wildman–Crippen MR) is 64.8 cm³/mol. The summed E-state index contributed by atoms with van der Waals surface area (Å²) in [4.78, 5) is 0. The summed E-state index contributed by atoms with van der Waals surface area (Å²) < 4.78 is 0. The Balaban J connectivity index is 2.34. The third-order valence-electron chi connectivity index (χ3n) is 2.59. The molecule has 82 valence electrons. The minimum absolute atomic E-state index is 0.342. The van der Waals surface area contributed by atoms with Crippen LogP contribution < -0.4 is 0 Å². The first-order valence-corrected chi connectivity index (χ1v) is 5.63. The molecule has 0 spiro atoms. The van der Waals surface area contributed by atoms with Crippen LogP contribution in [0.4, 0.5) is 0 Å². The zero-order valence-electron chi connectivity index (χ0n) is 9.45. The van der Waals surface area contributed by atoms with E-state index in [-0.39, 0.29) is 6.10 Å². The third kappa shape index (κ3) is 4.30. The number of hydrogen-bond donors (Lipinski definition) is 1. The highest BCUT2D eigenvalue weighted by molar-refractivity contribution is 5.15. The van der Waals surface area contributed by atoms with Gasteiger partial charge in [-0.25, -0.2) is 0 Å². The molecule has 1 aromatic carbocycles. The molecule has 1 aromatic rings. The summed E-state index contributed by atoms with van der Waals surface area (Å²) in [5.74, 6) is 0. The molecular weight excluding hydrogens is 184 g/mol. The third-order valence-corrected chi connectivity index (χ3v) is 2.59. The zero-order valence-corrected chi connectivity index (χ0v) is 9.45. The molecule has 1 rings (SSSR count). The van der Waals surface area contributed by atoms with Crippen molar-refractivity contribution in [1.82, 2.24) is 0 Å². The summed E-state index contributed by atoms with van der Waals surface area (Å²) in [6.07, 6.45) is 3.34. The van der Waals surface area contributed by atoms with Crippen LogP contribution in [0.1, 0.15) is 31.7 Å². The van der Waals surface area contributed by atoms with Crippen LogP contribution in [0, 0.1) is 0 Å². The lowest BCUT2D eigenvalue weighted by Crippen LogP contribution is -2.10. The van der Waals surface area contributed by atoms with Gasteiger partial charge in [0.25, 0.3) is 0 Å². The highest BCUT2D eigenvalue weighted by atomic mass is 16.3. The molecule has 0 aliphatic rings. The summed E-state index contributed by atoms with van der Waals surface area (Å²) in [7, 11) is 0. The van der Waals surface area contributed by atoms with Crippen molar-refractivity contribution in [1.29, 1.82) is 0 Å². The van der Waals surface area contributed by atoms with Gasteiger partial charge in [0, 0.05) is 0 Å². The highest BCUT2D eigenvalue weighted by Gasteiger charge is 2.07. The quantitative estimate of drug-likeness (QED) is 0.705. The van der Waals surface area contributed by atoms with Gasteiger partial charge in [-0.05, 0) is 30.4 Å². The van der Waals surface area contributed by atoms with E-state index in [1.165, 1.54) is 5.56 Å². The topological polar surface area (TPSA) is 20.2 Å². The van der Waals surface area contributed by atoms with E-state index in [9.17, 15) is 5.11 Å². The molecule has 0 radical (unpaired) electrons. The highest BCUT2D eigenvalue weighted by Crippen LogP contribution is 2.13. The molecule has 0 aliphatic carbocycles. The lowest BCUT2D eigenvalue weighted by atomic mass is 10.00. The molecule has 0 aromatic heterocycles. The van der Waals surface area contributed by atoms with Crippen LogP contribution in [0.5, 0.6) is 0 Å². The maximum atomic E-state index is 9.81. The first-order valence-electron chi connectivity index (χ1n) is 5.63. The van der Waals surface area contributed by atoms with E-state index < -0.39 is 0 Å². The fourth-order valence-electron chi connectivity index (χ4n) is 1.64. The molecule has 0 unspecified atom stereocenters. The Morgan fingerprint density at radius 1 is 1.33 bits per heavy atom. The summed E-state index contributed by atoms with van der Waals surface area (Å²) in [6, 6.07) is 10.3. The zero-order chi connectivity index (χ0) is 11.1. The van der Waals surface area contributed by atoms with E-state index in [1.54, 1.807) is 0 Å². The van der Waals surface area contributed by atoms with Crippen molar-refractivity contribution in [2.75, 3.05) is 0 Å². The van der Waals surface area contributed by atoms with E-state index in [0.29, 0.717) is 0 Å². The van der Waals surface area contributed by atoms with Gasteiger partial charge in [0.15, 0.2) is 0 Å². The Hall–Kier alpha value is -1.08. The monoisotopic (exact) mass is 204 g/mol. The molecule has 0 saturated carbocycles. The Labute approximate surface area is 92.5 Å². The van der Waals surface area contributed by atoms with Crippen LogP contribution >= 0.6 is 0 Å². The molecule has 1 heteroatoms. The standard InChI is InChI=1S/C14H20O/c1-3-7-12(2)14(15)11-10-13-8-5-4-6-9-13/h4-6,8-9,14-15H,2-3,7,10-11H2,1H3/t14-/m1/s1. The van der Waals surface area contributed by atoms with Crippen molar-refractivity contribution in [3.8, 4) is 0 Å². The van der Waals surface area contributed by atoms with Crippen LogP contribution in [0.15, 0.2) is 42.5 Å². The first kappa shape index (κ1) is 12.0. The smallest absolute Gasteiger partial charge is 0.0750 e. The van der Waals surface area contributed by atoms with Gasteiger partial charge in [-0.2, -0.15) is 0 Å². The summed E-state index contributed by atoms with van der Waals surface area (Å²) >= 11 is 0. The molecule has 1 atom stereocenters. The molecular formula is C14H20O. The number of aliphatic hydroxyl groups is 1. The van der Waals surface area contributed by atoms with Gasteiger partial charge >= 0.3 is 0 Å². The second-order valence-corrected chi connectivity index (χ2v) is 3.95. The molecule has 0 saturated heterocycles. The minimum Gasteiger partial charge on any atom is -0.389 e. The second-order valence-electron chi connectivity index (χ2n) is 3.95. The molecule has 1 nitrogen and oxygen atoms in total. The normalized spacial score (nSPS) is 12.4. The number of benzene rings is 1. The van der Waals surface area contributed by atoms with Gasteiger partial charge in [-0.3, -0.25) is 0 Å². The van der Waals surface area contributed by atoms with Crippen LogP contribution in [0.2, 0.25) is 0 Å². The number of rotatable bonds is 6. The van der Waals surface area contributed by atoms with Crippen molar-refractivity contribution in [3.63, 3.8) is 0 Å². The van der Waals surface area contributed by atoms with Crippen molar-refractivity contribution in [2.45, 2.75) is 38.7 Å². The van der Waals surface area contributed by atoms with Crippen molar-refractivity contribution in [3.05, 3.63) is 48.0 Å². The number of hydrogen-bond acceptors (Lipinski definition) is 1. The van der Waals surface area contributed by atoms with E-state index in [1.807, 2.05) is 18.2 Å². The van der Waals surface area contributed by atoms with Crippen molar-refractivity contribution in [2.24, 2.45) is 0 Å². The van der Waals surface area contributed by atoms with Crippen LogP contribution in [0.25, 0.3) is 0 Å². The average Bonchev–Trinajstić information content (AvgIpc) is 2.27. The molecule has 1 N–H and O–H groups in total. The van der Waals surface area contributed by atoms with Gasteiger partial charge in [0.1, 0.15) is 0 Å². The summed E-state index contributed by atoms with van der Waals surface area (Å²) in [6.45, 7) is 6.01. The Kier molecular flexibility index (Phi) is 5.13. The van der Waals surface area contributed by atoms with Crippen molar-refractivity contribution < 1.29 is 5.11 Å². The molecule has 0 bridgehead atoms. The largest absolute Gasteiger partial charge is 0.389 e. The fourth-order valence-corrected chi connectivity index (χ4v) is 1.64. The summed E-state index contributed by atoms with van der Waals surface area (Å²) in [5, 5.41) is 9.81. The SMILES string of the molecule is C=C(CCC)[C@H](O)CCc1ccccc1. The molecule has 0 fully saturated rings. The molecule has 15 heavy (non-hydrogen) atoms. The number of aliphatic hydroxyl groups excluding tert-OH is 1. The average molecular weight is 204 g/mol. The molecule has 0 heterocycles. The second kappa shape index (κ2) is 6.41. The van der Waals surface area contributed by atoms with Crippen LogP contribution in [-0.4, -0.2) is 11.2 Å². The summed E-state index contributed by atoms with van der Waals surface area (Å²) in [5.41, 5.74) is 2.24. The van der Waals surface area contributed by atoms with Crippen LogP contribution in [0.3, 0.4) is 0 Å². The first-order chi connectivity index (χ1) is 7.24. The maximum Gasteiger partial charge on any atom is 0.0750 e. The van der Waals surface area contributed by atoms with E-state index in [2.05, 4.69) is 25.6 Å². The van der Waals surface area contributed by atoms with E-state index in [4.69, 9.17) is 0 Å². The predicted octanol–water partition coefficient (Wildman–Crippen LogP) is 3.34. The maximum absolute atomic E-state index is 9.81. The Morgan fingerprint density at radius 3 is 2.60 bits per heavy atom. The minimum atomic E-state index is -0.342. The lowest BCUT2D eigenvalue weighted by Gasteiger charge is -2.12. The van der Waals surface area contributed by atoms with Gasteiger partial charge in [0.2, 0.25) is 0 Å². The van der Waals surface area contributed by atoms with Gasteiger partial charge in [-0.15, -0.1) is 0 Å².